The number of hydrogen-bond donors (Lipinski definition) is 2. The molecule has 142 valence electrons. The van der Waals surface area contributed by atoms with Crippen molar-refractivity contribution in [1.82, 2.24) is 5.32 Å². The van der Waals surface area contributed by atoms with E-state index in [-0.39, 0.29) is 6.54 Å². The lowest BCUT2D eigenvalue weighted by Gasteiger charge is -2.10. The molecule has 2 N–H and O–H groups in total. The van der Waals surface area contributed by atoms with Crippen LogP contribution in [0.2, 0.25) is 0 Å². The number of aryl methyl sites for hydroxylation is 1. The van der Waals surface area contributed by atoms with E-state index in [1.165, 1.54) is 12.1 Å². The van der Waals surface area contributed by atoms with E-state index in [0.29, 0.717) is 22.7 Å². The Morgan fingerprint density at radius 2 is 1.61 bits per heavy atom. The Kier molecular flexibility index (Phi) is 6.01. The summed E-state index contributed by atoms with van der Waals surface area (Å²) in [6.45, 7) is 1.53. The number of amides is 2. The van der Waals surface area contributed by atoms with E-state index in [2.05, 4.69) is 10.6 Å². The van der Waals surface area contributed by atoms with Crippen molar-refractivity contribution in [3.63, 3.8) is 0 Å². The monoisotopic (exact) mass is 378 g/mol. The molecule has 0 bridgehead atoms. The third kappa shape index (κ3) is 5.17. The predicted octanol–water partition coefficient (Wildman–Crippen LogP) is 4.29. The minimum atomic E-state index is -0.442. The van der Waals surface area contributed by atoms with E-state index < -0.39 is 17.6 Å². The van der Waals surface area contributed by atoms with Gasteiger partial charge in [-0.15, -0.1) is 0 Å². The maximum absolute atomic E-state index is 13.3. The van der Waals surface area contributed by atoms with Crippen molar-refractivity contribution in [3.05, 3.63) is 89.7 Å². The summed E-state index contributed by atoms with van der Waals surface area (Å²) in [6, 6.07) is 20.0. The first-order chi connectivity index (χ1) is 13.5. The van der Waals surface area contributed by atoms with Gasteiger partial charge in [-0.1, -0.05) is 24.3 Å². The van der Waals surface area contributed by atoms with Gasteiger partial charge in [0.15, 0.2) is 0 Å². The van der Waals surface area contributed by atoms with Crippen LogP contribution >= 0.6 is 0 Å². The van der Waals surface area contributed by atoms with Gasteiger partial charge in [-0.2, -0.15) is 0 Å². The van der Waals surface area contributed by atoms with Crippen LogP contribution in [-0.4, -0.2) is 18.4 Å². The van der Waals surface area contributed by atoms with Crippen LogP contribution in [-0.2, 0) is 4.79 Å². The van der Waals surface area contributed by atoms with Gasteiger partial charge in [0.2, 0.25) is 5.91 Å². The van der Waals surface area contributed by atoms with Crippen LogP contribution in [0.3, 0.4) is 0 Å². The maximum atomic E-state index is 13.3. The molecule has 0 fully saturated rings. The Morgan fingerprint density at radius 1 is 0.929 bits per heavy atom. The molecule has 0 aliphatic heterocycles. The van der Waals surface area contributed by atoms with Crippen LogP contribution in [0.5, 0.6) is 11.5 Å². The Bertz CT molecular complexity index is 973. The van der Waals surface area contributed by atoms with Gasteiger partial charge in [-0.25, -0.2) is 4.39 Å². The standard InChI is InChI=1S/C22H19FN2O3/c1-15-7-10-17(23)13-20(15)25-21(26)14-24-22(27)16-8-11-19(12-9-16)28-18-5-3-2-4-6-18/h2-13H,14H2,1H3,(H,24,27)(H,25,26). The van der Waals surface area contributed by atoms with Crippen LogP contribution in [0.25, 0.3) is 0 Å². The smallest absolute Gasteiger partial charge is 0.251 e. The van der Waals surface area contributed by atoms with Gasteiger partial charge >= 0.3 is 0 Å². The molecule has 28 heavy (non-hydrogen) atoms. The van der Waals surface area contributed by atoms with Gasteiger partial charge in [0.05, 0.1) is 6.54 Å². The lowest BCUT2D eigenvalue weighted by atomic mass is 10.2. The molecular weight excluding hydrogens is 359 g/mol. The zero-order valence-corrected chi connectivity index (χ0v) is 15.2. The summed E-state index contributed by atoms with van der Waals surface area (Å²) in [4.78, 5) is 24.2. The highest BCUT2D eigenvalue weighted by Crippen LogP contribution is 2.21. The molecule has 0 saturated carbocycles. The number of nitrogens with one attached hydrogen (secondary N) is 2. The number of rotatable bonds is 6. The number of anilines is 1. The second kappa shape index (κ2) is 8.81. The molecule has 0 radical (unpaired) electrons. The molecule has 3 rings (SSSR count). The molecule has 2 amide bonds. The predicted molar refractivity (Wildman–Crippen MR) is 105 cm³/mol. The Hall–Kier alpha value is -3.67. The molecule has 0 saturated heterocycles. The fourth-order valence-electron chi connectivity index (χ4n) is 2.48. The number of carbonyl (C=O) groups excluding carboxylic acids is 2. The second-order valence-electron chi connectivity index (χ2n) is 6.13. The van der Waals surface area contributed by atoms with E-state index in [1.807, 2.05) is 30.3 Å². The summed E-state index contributed by atoms with van der Waals surface area (Å²) in [5.41, 5.74) is 1.51. The van der Waals surface area contributed by atoms with Crippen molar-refractivity contribution >= 4 is 17.5 Å². The average Bonchev–Trinajstić information content (AvgIpc) is 2.70. The minimum Gasteiger partial charge on any atom is -0.457 e. The molecule has 0 aromatic heterocycles. The Morgan fingerprint density at radius 3 is 2.32 bits per heavy atom. The SMILES string of the molecule is Cc1ccc(F)cc1NC(=O)CNC(=O)c1ccc(Oc2ccccc2)cc1. The van der Waals surface area contributed by atoms with Gasteiger partial charge in [-0.3, -0.25) is 9.59 Å². The van der Waals surface area contributed by atoms with Crippen LogP contribution in [0.1, 0.15) is 15.9 Å². The minimum absolute atomic E-state index is 0.225. The number of ether oxygens (including phenoxy) is 1. The summed E-state index contributed by atoms with van der Waals surface area (Å²) < 4.78 is 18.9. The van der Waals surface area contributed by atoms with E-state index >= 15 is 0 Å². The highest BCUT2D eigenvalue weighted by atomic mass is 19.1. The summed E-state index contributed by atoms with van der Waals surface area (Å²) in [5.74, 6) is 0.0253. The number of para-hydroxylation sites is 1. The first-order valence-corrected chi connectivity index (χ1v) is 8.68. The third-order valence-corrected chi connectivity index (χ3v) is 3.98. The molecule has 0 heterocycles. The fraction of sp³-hybridized carbons (Fsp3) is 0.0909. The maximum Gasteiger partial charge on any atom is 0.251 e. The van der Waals surface area contributed by atoms with Crippen molar-refractivity contribution in [2.45, 2.75) is 6.92 Å². The first-order valence-electron chi connectivity index (χ1n) is 8.68. The number of halogens is 1. The average molecular weight is 378 g/mol. The molecule has 0 aliphatic carbocycles. The summed E-state index contributed by atoms with van der Waals surface area (Å²) in [5, 5.41) is 5.12. The normalized spacial score (nSPS) is 10.2. The highest BCUT2D eigenvalue weighted by molar-refractivity contribution is 5.99. The topological polar surface area (TPSA) is 67.4 Å². The number of carbonyl (C=O) groups is 2. The second-order valence-corrected chi connectivity index (χ2v) is 6.13. The van der Waals surface area contributed by atoms with Crippen LogP contribution < -0.4 is 15.4 Å². The lowest BCUT2D eigenvalue weighted by Crippen LogP contribution is -2.33. The molecule has 3 aromatic rings. The summed E-state index contributed by atoms with van der Waals surface area (Å²) in [6.07, 6.45) is 0. The Balaban J connectivity index is 1.53. The van der Waals surface area contributed by atoms with Crippen LogP contribution in [0, 0.1) is 12.7 Å². The first kappa shape index (κ1) is 19.1. The van der Waals surface area contributed by atoms with E-state index in [1.54, 1.807) is 37.3 Å². The van der Waals surface area contributed by atoms with Crippen molar-refractivity contribution in [2.75, 3.05) is 11.9 Å². The zero-order chi connectivity index (χ0) is 19.9. The van der Waals surface area contributed by atoms with Gasteiger partial charge < -0.3 is 15.4 Å². The van der Waals surface area contributed by atoms with Gasteiger partial charge in [0, 0.05) is 11.3 Å². The quantitative estimate of drug-likeness (QED) is 0.672. The molecular formula is C22H19FN2O3. The number of benzene rings is 3. The van der Waals surface area contributed by atoms with Crippen LogP contribution in [0.15, 0.2) is 72.8 Å². The molecule has 3 aromatic carbocycles. The third-order valence-electron chi connectivity index (χ3n) is 3.98. The van der Waals surface area contributed by atoms with Gasteiger partial charge in [0.25, 0.3) is 5.91 Å². The largest absolute Gasteiger partial charge is 0.457 e. The van der Waals surface area contributed by atoms with E-state index in [4.69, 9.17) is 4.74 Å². The van der Waals surface area contributed by atoms with Crippen LogP contribution in [0.4, 0.5) is 10.1 Å². The van der Waals surface area contributed by atoms with Gasteiger partial charge in [0.1, 0.15) is 17.3 Å². The van der Waals surface area contributed by atoms with Crippen molar-refractivity contribution in [2.24, 2.45) is 0 Å². The van der Waals surface area contributed by atoms with Crippen molar-refractivity contribution < 1.29 is 18.7 Å². The molecule has 0 unspecified atom stereocenters. The van der Waals surface area contributed by atoms with Crippen molar-refractivity contribution in [3.8, 4) is 11.5 Å². The van der Waals surface area contributed by atoms with E-state index in [0.717, 1.165) is 5.56 Å². The molecule has 0 aliphatic rings. The summed E-state index contributed by atoms with van der Waals surface area (Å²) in [7, 11) is 0. The molecule has 6 heteroatoms. The number of hydrogen-bond acceptors (Lipinski definition) is 3. The molecule has 5 nitrogen and oxygen atoms in total. The molecule has 0 atom stereocenters. The lowest BCUT2D eigenvalue weighted by molar-refractivity contribution is -0.115. The summed E-state index contributed by atoms with van der Waals surface area (Å²) >= 11 is 0. The van der Waals surface area contributed by atoms with E-state index in [9.17, 15) is 14.0 Å². The molecule has 0 spiro atoms. The fourth-order valence-corrected chi connectivity index (χ4v) is 2.48. The van der Waals surface area contributed by atoms with Crippen molar-refractivity contribution in [1.29, 1.82) is 0 Å². The van der Waals surface area contributed by atoms with Gasteiger partial charge in [-0.05, 0) is 61.0 Å². The highest BCUT2D eigenvalue weighted by Gasteiger charge is 2.10. The Labute approximate surface area is 162 Å². The zero-order valence-electron chi connectivity index (χ0n) is 15.2.